The van der Waals surface area contributed by atoms with Crippen molar-refractivity contribution in [3.63, 3.8) is 0 Å². The number of hydrogen-bond acceptors (Lipinski definition) is 6. The molecule has 2 N–H and O–H groups in total. The Morgan fingerprint density at radius 2 is 2.14 bits per heavy atom. The first-order chi connectivity index (χ1) is 13.3. The van der Waals surface area contributed by atoms with Gasteiger partial charge in [-0.15, -0.1) is 0 Å². The number of benzene rings is 1. The van der Waals surface area contributed by atoms with E-state index in [1.807, 2.05) is 13.0 Å². The summed E-state index contributed by atoms with van der Waals surface area (Å²) in [4.78, 5) is 38.3. The number of carbonyl (C=O) groups is 3. The van der Waals surface area contributed by atoms with Crippen LogP contribution in [0.1, 0.15) is 22.3 Å². The Labute approximate surface area is 177 Å². The molecule has 1 saturated heterocycles. The van der Waals surface area contributed by atoms with E-state index in [9.17, 15) is 14.4 Å². The molecule has 1 fully saturated rings. The highest BCUT2D eigenvalue weighted by molar-refractivity contribution is 9.10. The second-order valence-corrected chi connectivity index (χ2v) is 7.38. The third kappa shape index (κ3) is 5.98. The number of nitrogens with zero attached hydrogens (tertiary/aromatic N) is 1. The van der Waals surface area contributed by atoms with Crippen LogP contribution in [-0.2, 0) is 19.1 Å². The Kier molecular flexibility index (Phi) is 8.34. The summed E-state index contributed by atoms with van der Waals surface area (Å²) in [5.74, 6) is -1.27. The molecule has 28 heavy (non-hydrogen) atoms. The summed E-state index contributed by atoms with van der Waals surface area (Å²) in [5.41, 5.74) is 1.43. The maximum atomic E-state index is 12.5. The number of methoxy groups -OCH3 is 1. The zero-order chi connectivity index (χ0) is 20.7. The van der Waals surface area contributed by atoms with Crippen LogP contribution in [-0.4, -0.2) is 67.3 Å². The smallest absolute Gasteiger partial charge is 0.308 e. The molecular weight excluding hydrogens is 450 g/mol. The molecule has 1 aliphatic rings. The predicted molar refractivity (Wildman–Crippen MR) is 110 cm³/mol. The van der Waals surface area contributed by atoms with Crippen LogP contribution in [0.25, 0.3) is 0 Å². The average molecular weight is 472 g/mol. The first kappa shape index (κ1) is 22.3. The normalized spacial score (nSPS) is 16.3. The Morgan fingerprint density at radius 3 is 2.82 bits per heavy atom. The van der Waals surface area contributed by atoms with E-state index in [1.165, 1.54) is 12.0 Å². The molecule has 1 aliphatic heterocycles. The molecule has 10 heteroatoms. The molecule has 0 bridgehead atoms. The lowest BCUT2D eigenvalue weighted by molar-refractivity contribution is -0.148. The maximum Gasteiger partial charge on any atom is 0.308 e. The molecule has 0 aliphatic carbocycles. The van der Waals surface area contributed by atoms with Gasteiger partial charge in [0.1, 0.15) is 12.6 Å². The molecule has 8 nitrogen and oxygen atoms in total. The minimum Gasteiger partial charge on any atom is -0.463 e. The summed E-state index contributed by atoms with van der Waals surface area (Å²) in [6, 6.07) is 4.35. The van der Waals surface area contributed by atoms with Crippen LogP contribution in [0.15, 0.2) is 22.7 Å². The second kappa shape index (κ2) is 10.5. The van der Waals surface area contributed by atoms with Crippen LogP contribution < -0.4 is 10.6 Å². The Balaban J connectivity index is 2.03. The van der Waals surface area contributed by atoms with Gasteiger partial charge in [-0.1, -0.05) is 22.0 Å². The summed E-state index contributed by atoms with van der Waals surface area (Å²) < 4.78 is 10.7. The van der Waals surface area contributed by atoms with Gasteiger partial charge in [-0.2, -0.15) is 0 Å². The van der Waals surface area contributed by atoms with Crippen LogP contribution in [0.3, 0.4) is 0 Å². The van der Waals surface area contributed by atoms with Crippen molar-refractivity contribution in [1.29, 1.82) is 0 Å². The maximum absolute atomic E-state index is 12.5. The number of ether oxygens (including phenoxy) is 2. The number of carbonyl (C=O) groups excluding carboxylic acids is 3. The summed E-state index contributed by atoms with van der Waals surface area (Å²) in [6.45, 7) is 3.03. The molecule has 152 valence electrons. The van der Waals surface area contributed by atoms with Crippen molar-refractivity contribution < 1.29 is 23.9 Å². The lowest BCUT2D eigenvalue weighted by Crippen LogP contribution is -2.60. The molecule has 0 aromatic heterocycles. The fourth-order valence-electron chi connectivity index (χ4n) is 2.59. The van der Waals surface area contributed by atoms with E-state index < -0.39 is 17.9 Å². The fraction of sp³-hybridized carbons (Fsp3) is 0.444. The third-order valence-electron chi connectivity index (χ3n) is 4.16. The van der Waals surface area contributed by atoms with Crippen LogP contribution in [0.2, 0.25) is 0 Å². The van der Waals surface area contributed by atoms with Gasteiger partial charge >= 0.3 is 5.97 Å². The molecule has 1 heterocycles. The minimum absolute atomic E-state index is 0.0891. The zero-order valence-corrected chi connectivity index (χ0v) is 18.0. The molecule has 1 aromatic carbocycles. The zero-order valence-electron chi connectivity index (χ0n) is 15.6. The van der Waals surface area contributed by atoms with Crippen molar-refractivity contribution >= 4 is 51.0 Å². The summed E-state index contributed by atoms with van der Waals surface area (Å²) in [7, 11) is 1.50. The Morgan fingerprint density at radius 1 is 1.39 bits per heavy atom. The summed E-state index contributed by atoms with van der Waals surface area (Å²) >= 11 is 8.72. The molecule has 1 atom stereocenters. The molecule has 1 unspecified atom stereocenters. The fourth-order valence-corrected chi connectivity index (χ4v) is 3.28. The van der Waals surface area contributed by atoms with E-state index in [0.29, 0.717) is 18.7 Å². The minimum atomic E-state index is -0.846. The van der Waals surface area contributed by atoms with Crippen molar-refractivity contribution in [3.8, 4) is 0 Å². The average Bonchev–Trinajstić information content (AvgIpc) is 2.65. The lowest BCUT2D eigenvalue weighted by Gasteiger charge is -2.36. The van der Waals surface area contributed by atoms with Gasteiger partial charge in [-0.05, 0) is 36.8 Å². The van der Waals surface area contributed by atoms with Crippen molar-refractivity contribution in [2.45, 2.75) is 19.4 Å². The number of rotatable bonds is 6. The first-order valence-corrected chi connectivity index (χ1v) is 9.84. The highest BCUT2D eigenvalue weighted by Gasteiger charge is 2.34. The van der Waals surface area contributed by atoms with Gasteiger partial charge in [0.25, 0.3) is 5.91 Å². The van der Waals surface area contributed by atoms with Crippen molar-refractivity contribution in [2.24, 2.45) is 0 Å². The third-order valence-corrected chi connectivity index (χ3v) is 5.35. The van der Waals surface area contributed by atoms with Crippen LogP contribution in [0.4, 0.5) is 0 Å². The van der Waals surface area contributed by atoms with Crippen LogP contribution in [0.5, 0.6) is 0 Å². The number of amides is 2. The lowest BCUT2D eigenvalue weighted by atomic mass is 10.1. The monoisotopic (exact) mass is 471 g/mol. The van der Waals surface area contributed by atoms with Gasteiger partial charge < -0.3 is 19.7 Å². The highest BCUT2D eigenvalue weighted by Crippen LogP contribution is 2.18. The van der Waals surface area contributed by atoms with Crippen molar-refractivity contribution in [2.75, 3.05) is 33.4 Å². The van der Waals surface area contributed by atoms with E-state index in [-0.39, 0.29) is 30.7 Å². The van der Waals surface area contributed by atoms with E-state index in [0.717, 1.165) is 10.0 Å². The van der Waals surface area contributed by atoms with Crippen LogP contribution >= 0.6 is 28.1 Å². The quantitative estimate of drug-likeness (QED) is 0.364. The van der Waals surface area contributed by atoms with E-state index in [4.69, 9.17) is 21.7 Å². The molecule has 2 amide bonds. The van der Waals surface area contributed by atoms with Gasteiger partial charge in [0.15, 0.2) is 5.11 Å². The van der Waals surface area contributed by atoms with Crippen molar-refractivity contribution in [3.05, 3.63) is 33.8 Å². The van der Waals surface area contributed by atoms with Gasteiger partial charge in [0, 0.05) is 30.2 Å². The first-order valence-electron chi connectivity index (χ1n) is 8.64. The molecular formula is C18H22BrN3O5S. The topological polar surface area (TPSA) is 97.0 Å². The number of halogens is 1. The Hall–Kier alpha value is -2.04. The van der Waals surface area contributed by atoms with E-state index in [1.54, 1.807) is 12.1 Å². The number of aryl methyl sites for hydroxylation is 1. The van der Waals surface area contributed by atoms with Gasteiger partial charge in [-0.25, -0.2) is 0 Å². The molecule has 0 saturated carbocycles. The molecule has 0 spiro atoms. The second-order valence-electron chi connectivity index (χ2n) is 6.14. The summed E-state index contributed by atoms with van der Waals surface area (Å²) in [5, 5.41) is 5.42. The molecule has 0 radical (unpaired) electrons. The SMILES string of the molecule is COCCOC(=O)CC1C(=O)NCCN1C(=S)NC(=O)c1ccc(C)c(Br)c1. The van der Waals surface area contributed by atoms with Gasteiger partial charge in [-0.3, -0.25) is 19.7 Å². The number of nitrogens with one attached hydrogen (secondary N) is 2. The number of thiocarbonyl (C=S) groups is 1. The van der Waals surface area contributed by atoms with E-state index >= 15 is 0 Å². The van der Waals surface area contributed by atoms with Crippen molar-refractivity contribution in [1.82, 2.24) is 15.5 Å². The summed E-state index contributed by atoms with van der Waals surface area (Å²) in [6.07, 6.45) is -0.179. The molecule has 2 rings (SSSR count). The van der Waals surface area contributed by atoms with Gasteiger partial charge in [0.05, 0.1) is 13.0 Å². The number of piperazine rings is 1. The van der Waals surface area contributed by atoms with Gasteiger partial charge in [0.2, 0.25) is 5.91 Å². The Bertz CT molecular complexity index is 774. The van der Waals surface area contributed by atoms with Crippen LogP contribution in [0, 0.1) is 6.92 Å². The number of hydrogen-bond donors (Lipinski definition) is 2. The standard InChI is InChI=1S/C18H22BrN3O5S/c1-11-3-4-12(9-13(11)19)16(24)21-18(28)22-6-5-20-17(25)14(22)10-15(23)27-8-7-26-2/h3-4,9,14H,5-8,10H2,1-2H3,(H,20,25)(H,21,24,28). The predicted octanol–water partition coefficient (Wildman–Crippen LogP) is 1.15. The van der Waals surface area contributed by atoms with E-state index in [2.05, 4.69) is 26.6 Å². The largest absolute Gasteiger partial charge is 0.463 e. The molecule has 1 aromatic rings. The highest BCUT2D eigenvalue weighted by atomic mass is 79.9. The number of esters is 1.